The van der Waals surface area contributed by atoms with Crippen LogP contribution < -0.4 is 5.32 Å². The number of carbonyl (C=O) groups excluding carboxylic acids is 2. The number of nitrogens with zero attached hydrogens (tertiary/aromatic N) is 1. The molecule has 1 saturated heterocycles. The number of piperidine rings is 1. The standard InChI is InChI=1S/C19H19BrN2O3/c20-17-8-7-16(25-17)19(24)21-15-10-12-22(13-11-15)18(23)9-6-14-4-2-1-3-5-14/h1-9,15H,10-13H2,(H,21,24)/b9-6+. The Hall–Kier alpha value is -2.34. The smallest absolute Gasteiger partial charge is 0.287 e. The summed E-state index contributed by atoms with van der Waals surface area (Å²) in [6.45, 7) is 1.26. The number of amides is 2. The maximum atomic E-state index is 12.3. The van der Waals surface area contributed by atoms with Crippen LogP contribution in [0.25, 0.3) is 6.08 Å². The molecular weight excluding hydrogens is 384 g/mol. The zero-order valence-corrected chi connectivity index (χ0v) is 15.2. The summed E-state index contributed by atoms with van der Waals surface area (Å²) in [6.07, 6.45) is 4.90. The van der Waals surface area contributed by atoms with E-state index in [4.69, 9.17) is 4.42 Å². The molecule has 0 radical (unpaired) electrons. The fourth-order valence-corrected chi connectivity index (χ4v) is 3.08. The van der Waals surface area contributed by atoms with Gasteiger partial charge in [0.25, 0.3) is 5.91 Å². The van der Waals surface area contributed by atoms with Crippen LogP contribution in [0.3, 0.4) is 0 Å². The number of nitrogens with one attached hydrogen (secondary N) is 1. The summed E-state index contributed by atoms with van der Waals surface area (Å²) in [5.41, 5.74) is 1.00. The van der Waals surface area contributed by atoms with Crippen LogP contribution in [0.1, 0.15) is 29.0 Å². The van der Waals surface area contributed by atoms with E-state index in [1.807, 2.05) is 41.3 Å². The van der Waals surface area contributed by atoms with Crippen LogP contribution in [0.2, 0.25) is 0 Å². The number of benzene rings is 1. The lowest BCUT2D eigenvalue weighted by molar-refractivity contribution is -0.126. The van der Waals surface area contributed by atoms with Gasteiger partial charge in [-0.2, -0.15) is 0 Å². The van der Waals surface area contributed by atoms with Crippen molar-refractivity contribution in [2.45, 2.75) is 18.9 Å². The van der Waals surface area contributed by atoms with E-state index in [2.05, 4.69) is 21.2 Å². The minimum atomic E-state index is -0.223. The lowest BCUT2D eigenvalue weighted by Crippen LogP contribution is -2.46. The van der Waals surface area contributed by atoms with Crippen LogP contribution in [-0.2, 0) is 4.79 Å². The van der Waals surface area contributed by atoms with E-state index in [0.717, 1.165) is 18.4 Å². The second-order valence-corrected chi connectivity index (χ2v) is 6.70. The Bertz CT molecular complexity index is 762. The number of rotatable bonds is 4. The van der Waals surface area contributed by atoms with Crippen molar-refractivity contribution in [2.75, 3.05) is 13.1 Å². The van der Waals surface area contributed by atoms with Crippen molar-refractivity contribution >= 4 is 33.8 Å². The molecule has 0 atom stereocenters. The number of hydrogen-bond donors (Lipinski definition) is 1. The van der Waals surface area contributed by atoms with E-state index >= 15 is 0 Å². The van der Waals surface area contributed by atoms with E-state index in [1.54, 1.807) is 18.2 Å². The highest BCUT2D eigenvalue weighted by Gasteiger charge is 2.23. The van der Waals surface area contributed by atoms with E-state index in [1.165, 1.54) is 0 Å². The van der Waals surface area contributed by atoms with E-state index < -0.39 is 0 Å². The molecule has 1 aromatic heterocycles. The first kappa shape index (κ1) is 17.5. The fraction of sp³-hybridized carbons (Fsp3) is 0.263. The molecule has 25 heavy (non-hydrogen) atoms. The molecule has 3 rings (SSSR count). The second-order valence-electron chi connectivity index (χ2n) is 5.92. The lowest BCUT2D eigenvalue weighted by Gasteiger charge is -2.31. The zero-order valence-electron chi connectivity index (χ0n) is 13.7. The van der Waals surface area contributed by atoms with Crippen molar-refractivity contribution in [1.29, 1.82) is 0 Å². The SMILES string of the molecule is O=C(NC1CCN(C(=O)/C=C/c2ccccc2)CC1)c1ccc(Br)o1. The molecule has 0 saturated carbocycles. The van der Waals surface area contributed by atoms with Crippen LogP contribution in [-0.4, -0.2) is 35.8 Å². The van der Waals surface area contributed by atoms with Gasteiger partial charge in [0, 0.05) is 25.2 Å². The third kappa shape index (κ3) is 4.82. The highest BCUT2D eigenvalue weighted by Crippen LogP contribution is 2.16. The van der Waals surface area contributed by atoms with Crippen molar-refractivity contribution in [3.05, 3.63) is 64.5 Å². The number of hydrogen-bond acceptors (Lipinski definition) is 3. The minimum absolute atomic E-state index is 0.00333. The molecule has 2 aromatic rings. The third-order valence-electron chi connectivity index (χ3n) is 4.16. The molecule has 6 heteroatoms. The predicted octanol–water partition coefficient (Wildman–Crippen LogP) is 3.48. The molecule has 1 aliphatic heterocycles. The van der Waals surface area contributed by atoms with Gasteiger partial charge in [-0.1, -0.05) is 30.3 Å². The first-order valence-corrected chi connectivity index (χ1v) is 8.99. The molecule has 0 unspecified atom stereocenters. The van der Waals surface area contributed by atoms with Gasteiger partial charge in [0.2, 0.25) is 5.91 Å². The maximum absolute atomic E-state index is 12.3. The van der Waals surface area contributed by atoms with Crippen LogP contribution >= 0.6 is 15.9 Å². The van der Waals surface area contributed by atoms with Crippen LogP contribution in [0.5, 0.6) is 0 Å². The normalized spacial score (nSPS) is 15.5. The Morgan fingerprint density at radius 3 is 2.48 bits per heavy atom. The van der Waals surface area contributed by atoms with Crippen LogP contribution in [0.15, 0.2) is 57.6 Å². The predicted molar refractivity (Wildman–Crippen MR) is 99.0 cm³/mol. The lowest BCUT2D eigenvalue weighted by atomic mass is 10.0. The van der Waals surface area contributed by atoms with Gasteiger partial charge >= 0.3 is 0 Å². The van der Waals surface area contributed by atoms with Gasteiger partial charge in [-0.05, 0) is 52.5 Å². The molecule has 2 amide bonds. The number of carbonyl (C=O) groups is 2. The molecule has 5 nitrogen and oxygen atoms in total. The van der Waals surface area contributed by atoms with Gasteiger partial charge in [0.15, 0.2) is 10.4 Å². The van der Waals surface area contributed by atoms with Crippen molar-refractivity contribution < 1.29 is 14.0 Å². The third-order valence-corrected chi connectivity index (χ3v) is 4.58. The van der Waals surface area contributed by atoms with Gasteiger partial charge in [0.05, 0.1) is 0 Å². The Morgan fingerprint density at radius 2 is 1.84 bits per heavy atom. The topological polar surface area (TPSA) is 62.6 Å². The van der Waals surface area contributed by atoms with Crippen LogP contribution in [0, 0.1) is 0 Å². The van der Waals surface area contributed by atoms with E-state index in [-0.39, 0.29) is 23.6 Å². The highest BCUT2D eigenvalue weighted by molar-refractivity contribution is 9.10. The summed E-state index contributed by atoms with van der Waals surface area (Å²) in [4.78, 5) is 26.2. The van der Waals surface area contributed by atoms with Crippen LogP contribution in [0.4, 0.5) is 0 Å². The Balaban J connectivity index is 1.47. The number of halogens is 1. The molecule has 0 spiro atoms. The largest absolute Gasteiger partial charge is 0.444 e. The average molecular weight is 403 g/mol. The number of likely N-dealkylation sites (tertiary alicyclic amines) is 1. The minimum Gasteiger partial charge on any atom is -0.444 e. The first-order valence-electron chi connectivity index (χ1n) is 8.20. The quantitative estimate of drug-likeness (QED) is 0.796. The molecule has 1 aliphatic rings. The van der Waals surface area contributed by atoms with Gasteiger partial charge < -0.3 is 14.6 Å². The summed E-state index contributed by atoms with van der Waals surface area (Å²) < 4.78 is 5.78. The van der Waals surface area contributed by atoms with Gasteiger partial charge in [-0.25, -0.2) is 0 Å². The highest BCUT2D eigenvalue weighted by atomic mass is 79.9. The summed E-state index contributed by atoms with van der Waals surface area (Å²) in [6, 6.07) is 13.1. The molecular formula is C19H19BrN2O3. The van der Waals surface area contributed by atoms with E-state index in [0.29, 0.717) is 17.8 Å². The van der Waals surface area contributed by atoms with Crippen molar-refractivity contribution in [2.24, 2.45) is 0 Å². The summed E-state index contributed by atoms with van der Waals surface area (Å²) >= 11 is 3.18. The maximum Gasteiger partial charge on any atom is 0.287 e. The Morgan fingerprint density at radius 1 is 1.12 bits per heavy atom. The van der Waals surface area contributed by atoms with Gasteiger partial charge in [0.1, 0.15) is 0 Å². The summed E-state index contributed by atoms with van der Waals surface area (Å²) in [7, 11) is 0. The number of furan rings is 1. The Kier molecular flexibility index (Phi) is 5.71. The first-order chi connectivity index (χ1) is 12.1. The van der Waals surface area contributed by atoms with Crippen molar-refractivity contribution in [1.82, 2.24) is 10.2 Å². The second kappa shape index (κ2) is 8.16. The molecule has 1 N–H and O–H groups in total. The molecule has 2 heterocycles. The fourth-order valence-electron chi connectivity index (χ4n) is 2.77. The van der Waals surface area contributed by atoms with E-state index in [9.17, 15) is 9.59 Å². The molecule has 0 bridgehead atoms. The molecule has 1 fully saturated rings. The van der Waals surface area contributed by atoms with Gasteiger partial charge in [-0.3, -0.25) is 9.59 Å². The zero-order chi connectivity index (χ0) is 17.6. The van der Waals surface area contributed by atoms with Crippen molar-refractivity contribution in [3.8, 4) is 0 Å². The molecule has 1 aromatic carbocycles. The summed E-state index contributed by atoms with van der Waals surface area (Å²) in [5, 5.41) is 2.96. The summed E-state index contributed by atoms with van der Waals surface area (Å²) in [5.74, 6) is 0.0687. The average Bonchev–Trinajstić information content (AvgIpc) is 3.08. The van der Waals surface area contributed by atoms with Crippen molar-refractivity contribution in [3.63, 3.8) is 0 Å². The van der Waals surface area contributed by atoms with Gasteiger partial charge in [-0.15, -0.1) is 0 Å². The Labute approximate surface area is 154 Å². The molecule has 130 valence electrons. The molecule has 0 aliphatic carbocycles. The monoisotopic (exact) mass is 402 g/mol.